The van der Waals surface area contributed by atoms with Crippen LogP contribution in [0.4, 0.5) is 0 Å². The lowest BCUT2D eigenvalue weighted by Gasteiger charge is -2.16. The minimum absolute atomic E-state index is 0.148. The summed E-state index contributed by atoms with van der Waals surface area (Å²) in [5, 5.41) is 20.3. The molecule has 1 heterocycles. The molecule has 0 saturated carbocycles. The van der Waals surface area contributed by atoms with Gasteiger partial charge < -0.3 is 28.9 Å². The lowest BCUT2D eigenvalue weighted by atomic mass is 10.0. The molecule has 1 aliphatic rings. The van der Waals surface area contributed by atoms with E-state index in [0.717, 1.165) is 18.4 Å². The first-order valence-electron chi connectivity index (χ1n) is 10.6. The van der Waals surface area contributed by atoms with Gasteiger partial charge in [-0.3, -0.25) is 0 Å². The van der Waals surface area contributed by atoms with Gasteiger partial charge in [-0.05, 0) is 25.4 Å². The number of ether oxygens (including phenoxy) is 1. The van der Waals surface area contributed by atoms with E-state index in [2.05, 4.69) is 32.7 Å². The molecule has 0 unspecified atom stereocenters. The number of rotatable bonds is 13. The van der Waals surface area contributed by atoms with Crippen LogP contribution in [-0.4, -0.2) is 62.8 Å². The molecule has 0 saturated heterocycles. The maximum Gasteiger partial charge on any atom is 0.280 e. The molecule has 0 aliphatic carbocycles. The Balaban J connectivity index is 2.20. The van der Waals surface area contributed by atoms with Gasteiger partial charge in [0, 0.05) is 11.1 Å². The molecule has 0 atom stereocenters. The van der Waals surface area contributed by atoms with Crippen LogP contribution in [0.2, 0.25) is 0 Å². The van der Waals surface area contributed by atoms with Crippen LogP contribution in [0.5, 0.6) is 0 Å². The van der Waals surface area contributed by atoms with Crippen LogP contribution in [0, 0.1) is 0 Å². The maximum absolute atomic E-state index is 5.62. The summed E-state index contributed by atoms with van der Waals surface area (Å²) in [6.45, 7) is 6.97. The Morgan fingerprint density at radius 3 is 2.42 bits per heavy atom. The van der Waals surface area contributed by atoms with Gasteiger partial charge in [0.25, 0.3) is 5.90 Å². The first kappa shape index (κ1) is 25.6. The molecule has 0 fully saturated rings. The third kappa shape index (κ3) is 8.09. The second-order valence-corrected chi connectivity index (χ2v) is 6.79. The summed E-state index contributed by atoms with van der Waals surface area (Å²) in [5.41, 5.74) is 3.34. The van der Waals surface area contributed by atoms with Gasteiger partial charge in [-0.25, -0.2) is 0 Å². The number of benzene rings is 1. The number of nitrogens with zero attached hydrogens (tertiary/aromatic N) is 5. The monoisotopic (exact) mass is 461 g/mol. The van der Waals surface area contributed by atoms with Crippen LogP contribution < -0.4 is 0 Å². The quantitative estimate of drug-likeness (QED) is 0.252. The molecule has 11 heteroatoms. The lowest BCUT2D eigenvalue weighted by molar-refractivity contribution is 0.0672. The zero-order valence-corrected chi connectivity index (χ0v) is 19.7. The van der Waals surface area contributed by atoms with Crippen LogP contribution >= 0.6 is 0 Å². The van der Waals surface area contributed by atoms with Crippen molar-refractivity contribution in [3.8, 4) is 0 Å². The molecule has 1 aromatic carbocycles. The topological polar surface area (TPSA) is 117 Å². The summed E-state index contributed by atoms with van der Waals surface area (Å²) >= 11 is 0. The van der Waals surface area contributed by atoms with Crippen molar-refractivity contribution in [2.24, 2.45) is 25.8 Å². The third-order valence-corrected chi connectivity index (χ3v) is 4.30. The minimum Gasteiger partial charge on any atom is -0.470 e. The van der Waals surface area contributed by atoms with E-state index in [4.69, 9.17) is 28.9 Å². The SMILES string of the molecule is CCCCO/N=C(C(\C)=N\OC)/C(C)=N/OCc1ccccc1/C(=N\OC)C1=NOCCO1. The van der Waals surface area contributed by atoms with Gasteiger partial charge in [0.15, 0.2) is 18.0 Å². The number of hydrogen-bond donors (Lipinski definition) is 0. The van der Waals surface area contributed by atoms with E-state index in [0.29, 0.717) is 48.2 Å². The fourth-order valence-electron chi connectivity index (χ4n) is 2.72. The average Bonchev–Trinajstić information content (AvgIpc) is 2.83. The molecular weight excluding hydrogens is 430 g/mol. The molecule has 0 spiro atoms. The highest BCUT2D eigenvalue weighted by Crippen LogP contribution is 2.15. The van der Waals surface area contributed by atoms with Crippen molar-refractivity contribution in [1.29, 1.82) is 0 Å². The van der Waals surface area contributed by atoms with Crippen LogP contribution in [0.1, 0.15) is 44.7 Å². The summed E-state index contributed by atoms with van der Waals surface area (Å²) in [6.07, 6.45) is 1.90. The predicted octanol–water partition coefficient (Wildman–Crippen LogP) is 3.48. The first-order valence-corrected chi connectivity index (χ1v) is 10.6. The Morgan fingerprint density at radius 2 is 1.73 bits per heavy atom. The number of oxime groups is 5. The predicted molar refractivity (Wildman–Crippen MR) is 126 cm³/mol. The second-order valence-electron chi connectivity index (χ2n) is 6.79. The Labute approximate surface area is 193 Å². The van der Waals surface area contributed by atoms with Crippen molar-refractivity contribution in [1.82, 2.24) is 0 Å². The molecule has 0 radical (unpaired) electrons. The van der Waals surface area contributed by atoms with Crippen LogP contribution in [0.3, 0.4) is 0 Å². The van der Waals surface area contributed by atoms with E-state index in [1.165, 1.54) is 14.2 Å². The highest BCUT2D eigenvalue weighted by Gasteiger charge is 2.21. The Hall–Kier alpha value is -3.63. The van der Waals surface area contributed by atoms with Gasteiger partial charge in [-0.2, -0.15) is 0 Å². The van der Waals surface area contributed by atoms with Crippen molar-refractivity contribution in [3.05, 3.63) is 35.4 Å². The number of hydrogen-bond acceptors (Lipinski definition) is 11. The lowest BCUT2D eigenvalue weighted by Crippen LogP contribution is -2.26. The fraction of sp³-hybridized carbons (Fsp3) is 0.500. The molecule has 1 aromatic rings. The maximum atomic E-state index is 5.62. The van der Waals surface area contributed by atoms with E-state index in [9.17, 15) is 0 Å². The third-order valence-electron chi connectivity index (χ3n) is 4.30. The van der Waals surface area contributed by atoms with Gasteiger partial charge in [-0.1, -0.05) is 58.2 Å². The van der Waals surface area contributed by atoms with Gasteiger partial charge in [0.05, 0.1) is 0 Å². The van der Waals surface area contributed by atoms with E-state index in [-0.39, 0.29) is 12.5 Å². The second kappa shape index (κ2) is 14.4. The van der Waals surface area contributed by atoms with Crippen molar-refractivity contribution in [3.63, 3.8) is 0 Å². The van der Waals surface area contributed by atoms with Crippen molar-refractivity contribution in [2.45, 2.75) is 40.2 Å². The highest BCUT2D eigenvalue weighted by molar-refractivity contribution is 6.67. The zero-order valence-electron chi connectivity index (χ0n) is 19.7. The van der Waals surface area contributed by atoms with E-state index < -0.39 is 0 Å². The summed E-state index contributed by atoms with van der Waals surface area (Å²) < 4.78 is 5.57. The van der Waals surface area contributed by atoms with Gasteiger partial charge in [0.1, 0.15) is 45.5 Å². The molecule has 0 bridgehead atoms. The van der Waals surface area contributed by atoms with Crippen molar-refractivity contribution in [2.75, 3.05) is 34.0 Å². The average molecular weight is 462 g/mol. The highest BCUT2D eigenvalue weighted by atomic mass is 16.7. The van der Waals surface area contributed by atoms with E-state index in [1.807, 2.05) is 24.3 Å². The molecular formula is C22H31N5O6. The zero-order chi connectivity index (χ0) is 23.9. The molecule has 0 aromatic heterocycles. The molecule has 0 amide bonds. The Bertz CT molecular complexity index is 910. The van der Waals surface area contributed by atoms with Crippen LogP contribution in [-0.2, 0) is 35.5 Å². The van der Waals surface area contributed by atoms with Crippen molar-refractivity contribution < 1.29 is 28.9 Å². The van der Waals surface area contributed by atoms with Crippen molar-refractivity contribution >= 4 is 28.7 Å². The molecule has 0 N–H and O–H groups in total. The van der Waals surface area contributed by atoms with Gasteiger partial charge in [0.2, 0.25) is 0 Å². The standard InChI is InChI=1S/C22H31N5O6/c1-6-7-12-31-26-20(16(2)23-28-4)17(3)24-33-15-18-10-8-9-11-19(18)21(25-29-5)22-27-32-14-13-30-22/h8-11H,6-7,12-15H2,1-5H3/b23-16+,24-17+,25-21+,26-20+. The summed E-state index contributed by atoms with van der Waals surface area (Å²) in [6, 6.07) is 7.49. The largest absolute Gasteiger partial charge is 0.470 e. The molecule has 11 nitrogen and oxygen atoms in total. The minimum atomic E-state index is 0.148. The fourth-order valence-corrected chi connectivity index (χ4v) is 2.72. The summed E-state index contributed by atoms with van der Waals surface area (Å²) in [5.74, 6) is 0.236. The molecule has 33 heavy (non-hydrogen) atoms. The summed E-state index contributed by atoms with van der Waals surface area (Å²) in [4.78, 5) is 26.0. The normalized spacial score (nSPS) is 15.2. The van der Waals surface area contributed by atoms with Crippen LogP contribution in [0.15, 0.2) is 50.0 Å². The van der Waals surface area contributed by atoms with E-state index >= 15 is 0 Å². The summed E-state index contributed by atoms with van der Waals surface area (Å²) in [7, 11) is 2.91. The molecule has 2 rings (SSSR count). The van der Waals surface area contributed by atoms with Gasteiger partial charge in [-0.15, -0.1) is 0 Å². The molecule has 180 valence electrons. The van der Waals surface area contributed by atoms with Gasteiger partial charge >= 0.3 is 0 Å². The Kier molecular flexibility index (Phi) is 11.2. The molecule has 1 aliphatic heterocycles. The number of unbranched alkanes of at least 4 members (excludes halogenated alkanes) is 1. The van der Waals surface area contributed by atoms with Crippen LogP contribution in [0.25, 0.3) is 0 Å². The van der Waals surface area contributed by atoms with E-state index in [1.54, 1.807) is 13.8 Å². The smallest absolute Gasteiger partial charge is 0.280 e. The Morgan fingerprint density at radius 1 is 0.970 bits per heavy atom. The first-order chi connectivity index (χ1) is 16.1.